The monoisotopic (exact) mass is 299 g/mol. The Hall–Kier alpha value is -0.810. The number of aliphatic hydroxyl groups is 1. The van der Waals surface area contributed by atoms with Gasteiger partial charge in [-0.05, 0) is 37.8 Å². The molecule has 3 N–H and O–H groups in total. The first kappa shape index (κ1) is 18.2. The molecule has 1 rings (SSSR count). The zero-order valence-electron chi connectivity index (χ0n) is 13.9. The summed E-state index contributed by atoms with van der Waals surface area (Å²) in [5.41, 5.74) is 0. The Labute approximate surface area is 129 Å². The number of piperidine rings is 1. The molecule has 5 nitrogen and oxygen atoms in total. The third kappa shape index (κ3) is 7.67. The molecule has 0 saturated carbocycles. The number of carbonyl (C=O) groups excluding carboxylic acids is 1. The summed E-state index contributed by atoms with van der Waals surface area (Å²) in [6.45, 7) is 10.3. The van der Waals surface area contributed by atoms with Crippen molar-refractivity contribution in [1.29, 1.82) is 0 Å². The van der Waals surface area contributed by atoms with Gasteiger partial charge in [-0.1, -0.05) is 33.6 Å². The van der Waals surface area contributed by atoms with E-state index < -0.39 is 6.10 Å². The quantitative estimate of drug-likeness (QED) is 0.640. The molecule has 1 unspecified atom stereocenters. The van der Waals surface area contributed by atoms with E-state index in [1.165, 1.54) is 12.8 Å². The summed E-state index contributed by atoms with van der Waals surface area (Å²) in [5, 5.41) is 15.6. The standard InChI is InChI=1S/C16H33N3O2/c1-4-14(5-2)10-17-16(21)18-11-15(20)12-19-8-6-13(3)7-9-19/h13-15,20H,4-12H2,1-3H3,(H2,17,18,21). The van der Waals surface area contributed by atoms with Crippen LogP contribution in [0.4, 0.5) is 4.79 Å². The first-order valence-electron chi connectivity index (χ1n) is 8.47. The van der Waals surface area contributed by atoms with Crippen molar-refractivity contribution in [3.63, 3.8) is 0 Å². The first-order valence-corrected chi connectivity index (χ1v) is 8.47. The van der Waals surface area contributed by atoms with Crippen LogP contribution in [0.15, 0.2) is 0 Å². The number of hydrogen-bond acceptors (Lipinski definition) is 3. The van der Waals surface area contributed by atoms with Crippen LogP contribution in [-0.2, 0) is 0 Å². The van der Waals surface area contributed by atoms with Gasteiger partial charge in [0, 0.05) is 19.6 Å². The fourth-order valence-corrected chi connectivity index (χ4v) is 2.69. The molecule has 0 bridgehead atoms. The SMILES string of the molecule is CCC(CC)CNC(=O)NCC(O)CN1CCC(C)CC1. The van der Waals surface area contributed by atoms with Gasteiger partial charge in [-0.25, -0.2) is 4.79 Å². The summed E-state index contributed by atoms with van der Waals surface area (Å²) in [4.78, 5) is 14.0. The predicted molar refractivity (Wildman–Crippen MR) is 86.3 cm³/mol. The summed E-state index contributed by atoms with van der Waals surface area (Å²) >= 11 is 0. The fraction of sp³-hybridized carbons (Fsp3) is 0.938. The van der Waals surface area contributed by atoms with Gasteiger partial charge < -0.3 is 20.6 Å². The molecule has 0 spiro atoms. The molecule has 0 aromatic carbocycles. The van der Waals surface area contributed by atoms with Crippen LogP contribution < -0.4 is 10.6 Å². The number of aliphatic hydroxyl groups excluding tert-OH is 1. The molecule has 1 heterocycles. The second-order valence-corrected chi connectivity index (χ2v) is 6.41. The van der Waals surface area contributed by atoms with Crippen molar-refractivity contribution in [1.82, 2.24) is 15.5 Å². The molecule has 0 aromatic heterocycles. The largest absolute Gasteiger partial charge is 0.390 e. The molecule has 2 amide bonds. The van der Waals surface area contributed by atoms with Crippen molar-refractivity contribution in [2.75, 3.05) is 32.7 Å². The molecule has 124 valence electrons. The lowest BCUT2D eigenvalue weighted by Crippen LogP contribution is -2.45. The highest BCUT2D eigenvalue weighted by molar-refractivity contribution is 5.73. The van der Waals surface area contributed by atoms with Crippen LogP contribution in [-0.4, -0.2) is 54.9 Å². The van der Waals surface area contributed by atoms with E-state index >= 15 is 0 Å². The van der Waals surface area contributed by atoms with E-state index in [4.69, 9.17) is 0 Å². The van der Waals surface area contributed by atoms with Gasteiger partial charge in [0.15, 0.2) is 0 Å². The Balaban J connectivity index is 2.11. The number of amides is 2. The minimum atomic E-state index is -0.489. The van der Waals surface area contributed by atoms with Gasteiger partial charge in [0.2, 0.25) is 0 Å². The lowest BCUT2D eigenvalue weighted by molar-refractivity contribution is 0.0920. The third-order valence-corrected chi connectivity index (χ3v) is 4.55. The van der Waals surface area contributed by atoms with Crippen LogP contribution in [0.1, 0.15) is 46.5 Å². The summed E-state index contributed by atoms with van der Waals surface area (Å²) in [5.74, 6) is 1.34. The Kier molecular flexibility index (Phi) is 8.69. The number of likely N-dealkylation sites (tertiary alicyclic amines) is 1. The van der Waals surface area contributed by atoms with Crippen LogP contribution in [0.25, 0.3) is 0 Å². The maximum absolute atomic E-state index is 11.7. The van der Waals surface area contributed by atoms with E-state index in [2.05, 4.69) is 36.3 Å². The molecule has 1 atom stereocenters. The molecule has 21 heavy (non-hydrogen) atoms. The number of β-amino-alcohol motifs (C(OH)–C–C–N with tert-alkyl or cyclic N) is 1. The topological polar surface area (TPSA) is 64.6 Å². The molecule has 1 saturated heterocycles. The number of urea groups is 1. The van der Waals surface area contributed by atoms with Gasteiger partial charge >= 0.3 is 6.03 Å². The van der Waals surface area contributed by atoms with E-state index in [0.29, 0.717) is 25.6 Å². The molecule has 5 heteroatoms. The Bertz CT molecular complexity index is 287. The third-order valence-electron chi connectivity index (χ3n) is 4.55. The second-order valence-electron chi connectivity index (χ2n) is 6.41. The summed E-state index contributed by atoms with van der Waals surface area (Å²) in [7, 11) is 0. The summed E-state index contributed by atoms with van der Waals surface area (Å²) in [6, 6.07) is -0.173. The normalized spacial score (nSPS) is 18.7. The maximum Gasteiger partial charge on any atom is 0.314 e. The number of nitrogens with one attached hydrogen (secondary N) is 2. The van der Waals surface area contributed by atoms with E-state index in [1.54, 1.807) is 0 Å². The molecule has 0 aromatic rings. The smallest absolute Gasteiger partial charge is 0.314 e. The molecule has 1 aliphatic rings. The van der Waals surface area contributed by atoms with Crippen molar-refractivity contribution in [2.24, 2.45) is 11.8 Å². The minimum absolute atomic E-state index is 0.173. The highest BCUT2D eigenvalue weighted by atomic mass is 16.3. The zero-order chi connectivity index (χ0) is 15.7. The lowest BCUT2D eigenvalue weighted by atomic mass is 9.99. The van der Waals surface area contributed by atoms with Crippen molar-refractivity contribution in [3.8, 4) is 0 Å². The van der Waals surface area contributed by atoms with Gasteiger partial charge in [-0.3, -0.25) is 0 Å². The first-order chi connectivity index (χ1) is 10.0. The van der Waals surface area contributed by atoms with Gasteiger partial charge in [0.05, 0.1) is 6.10 Å². The minimum Gasteiger partial charge on any atom is -0.390 e. The molecule has 1 aliphatic heterocycles. The van der Waals surface area contributed by atoms with Gasteiger partial charge in [-0.15, -0.1) is 0 Å². The average Bonchev–Trinajstić information content (AvgIpc) is 2.48. The molecule has 0 aliphatic carbocycles. The maximum atomic E-state index is 11.7. The predicted octanol–water partition coefficient (Wildman–Crippen LogP) is 1.81. The Morgan fingerprint density at radius 2 is 1.76 bits per heavy atom. The Morgan fingerprint density at radius 1 is 1.19 bits per heavy atom. The van der Waals surface area contributed by atoms with Crippen molar-refractivity contribution >= 4 is 6.03 Å². The van der Waals surface area contributed by atoms with E-state index in [0.717, 1.165) is 31.8 Å². The highest BCUT2D eigenvalue weighted by Gasteiger charge is 2.18. The number of carbonyl (C=O) groups is 1. The van der Waals surface area contributed by atoms with Crippen LogP contribution in [0.5, 0.6) is 0 Å². The van der Waals surface area contributed by atoms with E-state index in [1.807, 2.05) is 0 Å². The molecule has 1 fully saturated rings. The molecule has 0 radical (unpaired) electrons. The highest BCUT2D eigenvalue weighted by Crippen LogP contribution is 2.15. The molecular weight excluding hydrogens is 266 g/mol. The van der Waals surface area contributed by atoms with Crippen molar-refractivity contribution in [2.45, 2.75) is 52.6 Å². The number of hydrogen-bond donors (Lipinski definition) is 3. The number of rotatable bonds is 8. The molecular formula is C16H33N3O2. The van der Waals surface area contributed by atoms with Crippen molar-refractivity contribution < 1.29 is 9.90 Å². The van der Waals surface area contributed by atoms with Gasteiger partial charge in [0.25, 0.3) is 0 Å². The fourth-order valence-electron chi connectivity index (χ4n) is 2.69. The van der Waals surface area contributed by atoms with Crippen LogP contribution in [0, 0.1) is 11.8 Å². The van der Waals surface area contributed by atoms with E-state index in [-0.39, 0.29) is 6.03 Å². The van der Waals surface area contributed by atoms with Gasteiger partial charge in [0.1, 0.15) is 0 Å². The number of nitrogens with zero attached hydrogens (tertiary/aromatic N) is 1. The van der Waals surface area contributed by atoms with Crippen LogP contribution >= 0.6 is 0 Å². The average molecular weight is 299 g/mol. The summed E-state index contributed by atoms with van der Waals surface area (Å²) < 4.78 is 0. The summed E-state index contributed by atoms with van der Waals surface area (Å²) in [6.07, 6.45) is 4.07. The lowest BCUT2D eigenvalue weighted by Gasteiger charge is -2.31. The van der Waals surface area contributed by atoms with Gasteiger partial charge in [-0.2, -0.15) is 0 Å². The van der Waals surface area contributed by atoms with E-state index in [9.17, 15) is 9.90 Å². The van der Waals surface area contributed by atoms with Crippen molar-refractivity contribution in [3.05, 3.63) is 0 Å². The second kappa shape index (κ2) is 10.0. The Morgan fingerprint density at radius 3 is 2.33 bits per heavy atom. The van der Waals surface area contributed by atoms with Crippen LogP contribution in [0.2, 0.25) is 0 Å². The van der Waals surface area contributed by atoms with Crippen LogP contribution in [0.3, 0.4) is 0 Å². The zero-order valence-corrected chi connectivity index (χ0v) is 13.9.